The van der Waals surface area contributed by atoms with Crippen LogP contribution in [0.4, 0.5) is 5.69 Å². The summed E-state index contributed by atoms with van der Waals surface area (Å²) < 4.78 is 6.13. The van der Waals surface area contributed by atoms with Crippen LogP contribution in [0.1, 0.15) is 26.7 Å². The van der Waals surface area contributed by atoms with Gasteiger partial charge < -0.3 is 15.4 Å². The highest BCUT2D eigenvalue weighted by Gasteiger charge is 2.21. The quantitative estimate of drug-likeness (QED) is 0.720. The van der Waals surface area contributed by atoms with E-state index in [0.717, 1.165) is 12.8 Å². The number of ether oxygens (including phenoxy) is 1. The monoisotopic (exact) mass is 296 g/mol. The number of anilines is 1. The average molecular weight is 296 g/mol. The molecular weight excluding hydrogens is 272 g/mol. The van der Waals surface area contributed by atoms with E-state index < -0.39 is 5.97 Å². The maximum atomic E-state index is 12.4. The standard InChI is InChI=1S/C14H24N4O3/c1-4-11(5-2)7-17(10-14(20)21-3)13(19)9-18-8-12(15)6-16-18/h6,8,11H,4-5,7,9-10,15H2,1-3H3. The van der Waals surface area contributed by atoms with Gasteiger partial charge in [0.1, 0.15) is 13.1 Å². The second-order valence-electron chi connectivity index (χ2n) is 5.00. The lowest BCUT2D eigenvalue weighted by Crippen LogP contribution is -2.41. The number of hydrogen-bond acceptors (Lipinski definition) is 5. The van der Waals surface area contributed by atoms with Crippen LogP contribution in [0.15, 0.2) is 12.4 Å². The zero-order valence-corrected chi connectivity index (χ0v) is 12.9. The van der Waals surface area contributed by atoms with Crippen molar-refractivity contribution in [1.29, 1.82) is 0 Å². The van der Waals surface area contributed by atoms with Crippen LogP contribution < -0.4 is 5.73 Å². The Kier molecular flexibility index (Phi) is 6.71. The van der Waals surface area contributed by atoms with Gasteiger partial charge >= 0.3 is 5.97 Å². The Balaban J connectivity index is 2.73. The van der Waals surface area contributed by atoms with Gasteiger partial charge in [0.2, 0.25) is 5.91 Å². The maximum absolute atomic E-state index is 12.4. The minimum absolute atomic E-state index is 0.0391. The summed E-state index contributed by atoms with van der Waals surface area (Å²) in [6, 6.07) is 0. The summed E-state index contributed by atoms with van der Waals surface area (Å²) in [6.45, 7) is 4.71. The van der Waals surface area contributed by atoms with Gasteiger partial charge in [-0.1, -0.05) is 26.7 Å². The fraction of sp³-hybridized carbons (Fsp3) is 0.643. The lowest BCUT2D eigenvalue weighted by molar-refractivity contribution is -0.147. The number of methoxy groups -OCH3 is 1. The van der Waals surface area contributed by atoms with Crippen LogP contribution in [0.5, 0.6) is 0 Å². The molecule has 21 heavy (non-hydrogen) atoms. The maximum Gasteiger partial charge on any atom is 0.325 e. The summed E-state index contributed by atoms with van der Waals surface area (Å²) in [6.07, 6.45) is 4.98. The molecule has 0 saturated heterocycles. The Labute approximate surface area is 125 Å². The zero-order chi connectivity index (χ0) is 15.8. The molecule has 0 atom stereocenters. The Morgan fingerprint density at radius 2 is 2.10 bits per heavy atom. The number of rotatable bonds is 8. The molecule has 0 aliphatic carbocycles. The average Bonchev–Trinajstić information content (AvgIpc) is 2.88. The number of esters is 1. The SMILES string of the molecule is CCC(CC)CN(CC(=O)OC)C(=O)Cn1cc(N)cn1. The number of nitrogens with two attached hydrogens (primary N) is 1. The predicted molar refractivity (Wildman–Crippen MR) is 79.3 cm³/mol. The number of amides is 1. The van der Waals surface area contributed by atoms with Crippen LogP contribution in [0.2, 0.25) is 0 Å². The number of nitrogen functional groups attached to an aromatic ring is 1. The van der Waals surface area contributed by atoms with Crippen molar-refractivity contribution in [2.75, 3.05) is 25.9 Å². The molecule has 1 amide bonds. The molecule has 0 saturated carbocycles. The fourth-order valence-corrected chi connectivity index (χ4v) is 2.04. The molecule has 0 bridgehead atoms. The van der Waals surface area contributed by atoms with Crippen molar-refractivity contribution in [3.05, 3.63) is 12.4 Å². The Bertz CT molecular complexity index is 469. The third kappa shape index (κ3) is 5.45. The molecular formula is C14H24N4O3. The van der Waals surface area contributed by atoms with Gasteiger partial charge in [-0.05, 0) is 5.92 Å². The van der Waals surface area contributed by atoms with Crippen LogP contribution in [-0.2, 0) is 20.9 Å². The molecule has 0 aromatic carbocycles. The third-order valence-corrected chi connectivity index (χ3v) is 3.48. The second kappa shape index (κ2) is 8.28. The summed E-state index contributed by atoms with van der Waals surface area (Å²) in [4.78, 5) is 25.4. The minimum Gasteiger partial charge on any atom is -0.468 e. The van der Waals surface area contributed by atoms with Gasteiger partial charge in [0.05, 0.1) is 19.0 Å². The van der Waals surface area contributed by atoms with Gasteiger partial charge in [0.15, 0.2) is 0 Å². The summed E-state index contributed by atoms with van der Waals surface area (Å²) >= 11 is 0. The number of aromatic nitrogens is 2. The minimum atomic E-state index is -0.422. The number of hydrogen-bond donors (Lipinski definition) is 1. The van der Waals surface area contributed by atoms with E-state index in [9.17, 15) is 9.59 Å². The Hall–Kier alpha value is -2.05. The van der Waals surface area contributed by atoms with Gasteiger partial charge in [-0.2, -0.15) is 5.10 Å². The summed E-state index contributed by atoms with van der Waals surface area (Å²) in [5.41, 5.74) is 6.08. The topological polar surface area (TPSA) is 90.5 Å². The predicted octanol–water partition coefficient (Wildman–Crippen LogP) is 0.903. The van der Waals surface area contributed by atoms with E-state index in [1.54, 1.807) is 6.20 Å². The number of carbonyl (C=O) groups excluding carboxylic acids is 2. The Morgan fingerprint density at radius 3 is 2.57 bits per heavy atom. The van der Waals surface area contributed by atoms with Gasteiger partial charge in [0, 0.05) is 12.7 Å². The van der Waals surface area contributed by atoms with Crippen molar-refractivity contribution in [3.63, 3.8) is 0 Å². The highest BCUT2D eigenvalue weighted by atomic mass is 16.5. The van der Waals surface area contributed by atoms with Crippen LogP contribution in [0.3, 0.4) is 0 Å². The lowest BCUT2D eigenvalue weighted by Gasteiger charge is -2.25. The van der Waals surface area contributed by atoms with Crippen molar-refractivity contribution >= 4 is 17.6 Å². The molecule has 1 aromatic rings. The van der Waals surface area contributed by atoms with Gasteiger partial charge in [0.25, 0.3) is 0 Å². The van der Waals surface area contributed by atoms with E-state index in [-0.39, 0.29) is 19.0 Å². The first-order valence-corrected chi connectivity index (χ1v) is 7.12. The molecule has 0 aliphatic heterocycles. The summed E-state index contributed by atoms with van der Waals surface area (Å²) in [5, 5.41) is 3.98. The smallest absolute Gasteiger partial charge is 0.325 e. The van der Waals surface area contributed by atoms with Gasteiger partial charge in [-0.25, -0.2) is 0 Å². The van der Waals surface area contributed by atoms with Gasteiger partial charge in [-0.3, -0.25) is 14.3 Å². The molecule has 1 heterocycles. The molecule has 0 spiro atoms. The first kappa shape index (κ1) is 17.0. The van der Waals surface area contributed by atoms with Crippen molar-refractivity contribution in [3.8, 4) is 0 Å². The summed E-state index contributed by atoms with van der Waals surface area (Å²) in [7, 11) is 1.32. The van der Waals surface area contributed by atoms with E-state index in [2.05, 4.69) is 23.7 Å². The van der Waals surface area contributed by atoms with Crippen LogP contribution >= 0.6 is 0 Å². The molecule has 7 nitrogen and oxygen atoms in total. The molecule has 1 aromatic heterocycles. The van der Waals surface area contributed by atoms with E-state index >= 15 is 0 Å². The van der Waals surface area contributed by atoms with Crippen molar-refractivity contribution in [2.24, 2.45) is 5.92 Å². The van der Waals surface area contributed by atoms with E-state index in [1.165, 1.54) is 22.9 Å². The van der Waals surface area contributed by atoms with E-state index in [0.29, 0.717) is 18.2 Å². The highest BCUT2D eigenvalue weighted by Crippen LogP contribution is 2.11. The van der Waals surface area contributed by atoms with Crippen molar-refractivity contribution < 1.29 is 14.3 Å². The zero-order valence-electron chi connectivity index (χ0n) is 12.9. The normalized spacial score (nSPS) is 10.7. The van der Waals surface area contributed by atoms with Gasteiger partial charge in [-0.15, -0.1) is 0 Å². The highest BCUT2D eigenvalue weighted by molar-refractivity contribution is 5.81. The number of carbonyl (C=O) groups is 2. The molecule has 7 heteroatoms. The van der Waals surface area contributed by atoms with Crippen molar-refractivity contribution in [1.82, 2.24) is 14.7 Å². The molecule has 2 N–H and O–H groups in total. The summed E-state index contributed by atoms with van der Waals surface area (Å²) in [5.74, 6) is -0.231. The molecule has 1 rings (SSSR count). The fourth-order valence-electron chi connectivity index (χ4n) is 2.04. The van der Waals surface area contributed by atoms with E-state index in [1.807, 2.05) is 0 Å². The molecule has 0 fully saturated rings. The first-order valence-electron chi connectivity index (χ1n) is 7.12. The van der Waals surface area contributed by atoms with E-state index in [4.69, 9.17) is 5.73 Å². The second-order valence-corrected chi connectivity index (χ2v) is 5.00. The van der Waals surface area contributed by atoms with Crippen LogP contribution in [0, 0.1) is 5.92 Å². The third-order valence-electron chi connectivity index (χ3n) is 3.48. The Morgan fingerprint density at radius 1 is 1.43 bits per heavy atom. The molecule has 0 aliphatic rings. The molecule has 0 unspecified atom stereocenters. The van der Waals surface area contributed by atoms with Crippen molar-refractivity contribution in [2.45, 2.75) is 33.2 Å². The molecule has 0 radical (unpaired) electrons. The largest absolute Gasteiger partial charge is 0.468 e. The van der Waals surface area contributed by atoms with Crippen LogP contribution in [-0.4, -0.2) is 46.8 Å². The lowest BCUT2D eigenvalue weighted by atomic mass is 10.0. The molecule has 118 valence electrons. The number of nitrogens with zero attached hydrogens (tertiary/aromatic N) is 3. The van der Waals surface area contributed by atoms with Crippen LogP contribution in [0.25, 0.3) is 0 Å². The first-order chi connectivity index (χ1) is 9.99.